The van der Waals surface area contributed by atoms with Gasteiger partial charge in [-0.3, -0.25) is 4.57 Å². The number of rotatable bonds is 16. The van der Waals surface area contributed by atoms with Crippen LogP contribution < -0.4 is 5.30 Å². The maximum atomic E-state index is 12.3. The van der Waals surface area contributed by atoms with Crippen LogP contribution in [0.25, 0.3) is 0 Å². The Kier molecular flexibility index (Phi) is 13.2. The summed E-state index contributed by atoms with van der Waals surface area (Å²) in [5.41, 5.74) is 0.436. The SMILES string of the molecule is CCCCCCCCCCCCOC(=O)c1ccc(P(=O)(O)CCCC)cc1. The summed E-state index contributed by atoms with van der Waals surface area (Å²) in [6.07, 6.45) is 14.3. The van der Waals surface area contributed by atoms with Crippen molar-refractivity contribution in [1.29, 1.82) is 0 Å². The first-order valence-corrected chi connectivity index (χ1v) is 12.9. The molecule has 1 aromatic carbocycles. The van der Waals surface area contributed by atoms with Gasteiger partial charge < -0.3 is 9.63 Å². The lowest BCUT2D eigenvalue weighted by atomic mass is 10.1. The van der Waals surface area contributed by atoms with E-state index in [1.807, 2.05) is 6.92 Å². The fourth-order valence-electron chi connectivity index (χ4n) is 3.17. The zero-order chi connectivity index (χ0) is 20.7. The highest BCUT2D eigenvalue weighted by Crippen LogP contribution is 2.40. The second-order valence-corrected chi connectivity index (χ2v) is 10.0. The van der Waals surface area contributed by atoms with Crippen LogP contribution in [-0.4, -0.2) is 23.6 Å². The Morgan fingerprint density at radius 3 is 1.86 bits per heavy atom. The first-order chi connectivity index (χ1) is 13.5. The van der Waals surface area contributed by atoms with Gasteiger partial charge >= 0.3 is 5.97 Å². The molecule has 0 amide bonds. The van der Waals surface area contributed by atoms with Gasteiger partial charge in [-0.2, -0.15) is 0 Å². The van der Waals surface area contributed by atoms with E-state index in [4.69, 9.17) is 4.74 Å². The molecule has 0 saturated carbocycles. The molecule has 4 nitrogen and oxygen atoms in total. The van der Waals surface area contributed by atoms with E-state index in [0.29, 0.717) is 17.5 Å². The Morgan fingerprint density at radius 1 is 0.821 bits per heavy atom. The van der Waals surface area contributed by atoms with Crippen molar-refractivity contribution in [2.75, 3.05) is 12.8 Å². The van der Waals surface area contributed by atoms with Crippen LogP contribution in [0.3, 0.4) is 0 Å². The first-order valence-electron chi connectivity index (χ1n) is 11.1. The summed E-state index contributed by atoms with van der Waals surface area (Å²) in [6, 6.07) is 6.33. The lowest BCUT2D eigenvalue weighted by Gasteiger charge is -2.11. The standard InChI is InChI=1S/C23H39O4P/c1-3-5-7-8-9-10-11-12-13-14-19-27-23(24)21-15-17-22(18-16-21)28(25,26)20-6-4-2/h15-18H,3-14,19-20H2,1-2H3,(H,25,26). The van der Waals surface area contributed by atoms with Crippen molar-refractivity contribution in [3.63, 3.8) is 0 Å². The van der Waals surface area contributed by atoms with Crippen molar-refractivity contribution in [3.05, 3.63) is 29.8 Å². The van der Waals surface area contributed by atoms with Crippen LogP contribution in [0, 0.1) is 0 Å². The summed E-state index contributed by atoms with van der Waals surface area (Å²) < 4.78 is 17.6. The number of hydrogen-bond acceptors (Lipinski definition) is 3. The van der Waals surface area contributed by atoms with Gasteiger partial charge in [0.2, 0.25) is 7.37 Å². The fraction of sp³-hybridized carbons (Fsp3) is 0.696. The molecule has 0 aliphatic rings. The van der Waals surface area contributed by atoms with Gasteiger partial charge in [0.25, 0.3) is 0 Å². The zero-order valence-electron chi connectivity index (χ0n) is 17.8. The Morgan fingerprint density at radius 2 is 1.32 bits per heavy atom. The van der Waals surface area contributed by atoms with Gasteiger partial charge in [0, 0.05) is 11.5 Å². The Labute approximate surface area is 171 Å². The molecule has 0 aliphatic heterocycles. The number of unbranched alkanes of at least 4 members (excludes halogenated alkanes) is 10. The topological polar surface area (TPSA) is 63.6 Å². The highest BCUT2D eigenvalue weighted by molar-refractivity contribution is 7.66. The van der Waals surface area contributed by atoms with Gasteiger partial charge in [0.05, 0.1) is 12.2 Å². The largest absolute Gasteiger partial charge is 0.462 e. The average molecular weight is 411 g/mol. The van der Waals surface area contributed by atoms with Crippen LogP contribution >= 0.6 is 7.37 Å². The van der Waals surface area contributed by atoms with Gasteiger partial charge in [0.15, 0.2) is 0 Å². The first kappa shape index (κ1) is 24.9. The van der Waals surface area contributed by atoms with Gasteiger partial charge in [-0.05, 0) is 37.1 Å². The smallest absolute Gasteiger partial charge is 0.338 e. The molecule has 160 valence electrons. The van der Waals surface area contributed by atoms with Crippen LogP contribution in [0.5, 0.6) is 0 Å². The second-order valence-electron chi connectivity index (χ2n) is 7.64. The molecule has 0 fully saturated rings. The molecule has 1 aromatic rings. The second kappa shape index (κ2) is 14.8. The Bertz CT molecular complexity index is 583. The third-order valence-electron chi connectivity index (χ3n) is 5.05. The van der Waals surface area contributed by atoms with Gasteiger partial charge in [-0.15, -0.1) is 0 Å². The minimum atomic E-state index is -3.31. The number of hydrogen-bond donors (Lipinski definition) is 1. The van der Waals surface area contributed by atoms with Crippen molar-refractivity contribution < 1.29 is 19.0 Å². The number of carbonyl (C=O) groups excluding carboxylic acids is 1. The van der Waals surface area contributed by atoms with E-state index >= 15 is 0 Å². The Hall–Kier alpha value is -1.12. The highest BCUT2D eigenvalue weighted by Gasteiger charge is 2.20. The summed E-state index contributed by atoms with van der Waals surface area (Å²) in [5.74, 6) is -0.358. The van der Waals surface area contributed by atoms with Crippen LogP contribution in [-0.2, 0) is 9.30 Å². The third-order valence-corrected chi connectivity index (χ3v) is 7.08. The van der Waals surface area contributed by atoms with Gasteiger partial charge in [-0.1, -0.05) is 78.1 Å². The predicted octanol–water partition coefficient (Wildman–Crippen LogP) is 6.46. The molecular weight excluding hydrogens is 371 g/mol. The highest BCUT2D eigenvalue weighted by atomic mass is 31.2. The molecule has 0 aliphatic carbocycles. The molecule has 0 bridgehead atoms. The fourth-order valence-corrected chi connectivity index (χ4v) is 4.79. The van der Waals surface area contributed by atoms with E-state index in [0.717, 1.165) is 25.7 Å². The normalized spacial score (nSPS) is 13.2. The van der Waals surface area contributed by atoms with Crippen LogP contribution in [0.2, 0.25) is 0 Å². The maximum Gasteiger partial charge on any atom is 0.338 e. The van der Waals surface area contributed by atoms with Crippen LogP contribution in [0.1, 0.15) is 101 Å². The van der Waals surface area contributed by atoms with Crippen LogP contribution in [0.15, 0.2) is 24.3 Å². The summed E-state index contributed by atoms with van der Waals surface area (Å²) in [6.45, 7) is 4.67. The van der Waals surface area contributed by atoms with Crippen molar-refractivity contribution in [2.24, 2.45) is 0 Å². The van der Waals surface area contributed by atoms with E-state index in [2.05, 4.69) is 6.92 Å². The summed E-state index contributed by atoms with van der Waals surface area (Å²) in [4.78, 5) is 22.2. The average Bonchev–Trinajstić information content (AvgIpc) is 2.70. The van der Waals surface area contributed by atoms with E-state index in [1.54, 1.807) is 24.3 Å². The molecule has 1 unspecified atom stereocenters. The van der Waals surface area contributed by atoms with E-state index in [1.165, 1.54) is 51.4 Å². The minimum Gasteiger partial charge on any atom is -0.462 e. The molecule has 1 atom stereocenters. The lowest BCUT2D eigenvalue weighted by molar-refractivity contribution is 0.0497. The molecule has 0 spiro atoms. The minimum absolute atomic E-state index is 0.284. The molecule has 0 radical (unpaired) electrons. The number of esters is 1. The molecule has 5 heteroatoms. The van der Waals surface area contributed by atoms with Crippen LogP contribution in [0.4, 0.5) is 0 Å². The molecule has 0 saturated heterocycles. The monoisotopic (exact) mass is 410 g/mol. The number of benzene rings is 1. The van der Waals surface area contributed by atoms with Crippen molar-refractivity contribution in [3.8, 4) is 0 Å². The molecule has 1 N–H and O–H groups in total. The zero-order valence-corrected chi connectivity index (χ0v) is 18.7. The van der Waals surface area contributed by atoms with E-state index in [-0.39, 0.29) is 12.1 Å². The Balaban J connectivity index is 2.18. The van der Waals surface area contributed by atoms with Crippen molar-refractivity contribution >= 4 is 18.6 Å². The van der Waals surface area contributed by atoms with Crippen molar-refractivity contribution in [1.82, 2.24) is 0 Å². The van der Waals surface area contributed by atoms with E-state index < -0.39 is 7.37 Å². The number of ether oxygens (including phenoxy) is 1. The predicted molar refractivity (Wildman–Crippen MR) is 118 cm³/mol. The molecule has 1 rings (SSSR count). The summed E-state index contributed by atoms with van der Waals surface area (Å²) in [7, 11) is -3.31. The number of carbonyl (C=O) groups is 1. The molecule has 28 heavy (non-hydrogen) atoms. The molecular formula is C23H39O4P. The van der Waals surface area contributed by atoms with E-state index in [9.17, 15) is 14.3 Å². The molecule has 0 aromatic heterocycles. The third kappa shape index (κ3) is 10.4. The van der Waals surface area contributed by atoms with Crippen molar-refractivity contribution in [2.45, 2.75) is 90.9 Å². The summed E-state index contributed by atoms with van der Waals surface area (Å²) >= 11 is 0. The molecule has 0 heterocycles. The quantitative estimate of drug-likeness (QED) is 0.193. The van der Waals surface area contributed by atoms with Gasteiger partial charge in [-0.25, -0.2) is 4.79 Å². The lowest BCUT2D eigenvalue weighted by Crippen LogP contribution is -2.11. The van der Waals surface area contributed by atoms with Gasteiger partial charge in [0.1, 0.15) is 0 Å². The summed E-state index contributed by atoms with van der Waals surface area (Å²) in [5, 5.41) is 0.409. The maximum absolute atomic E-state index is 12.3.